The molecular formula is C18H25ClN2O6. The van der Waals surface area contributed by atoms with Crippen LogP contribution in [0.25, 0.3) is 0 Å². The lowest BCUT2D eigenvalue weighted by Crippen LogP contribution is -2.50. The van der Waals surface area contributed by atoms with Crippen LogP contribution in [0.3, 0.4) is 0 Å². The van der Waals surface area contributed by atoms with Crippen LogP contribution in [0, 0.1) is 0 Å². The molecule has 1 rings (SSSR count). The van der Waals surface area contributed by atoms with Crippen LogP contribution in [0.5, 0.6) is 11.5 Å². The molecule has 0 radical (unpaired) electrons. The van der Waals surface area contributed by atoms with Crippen molar-refractivity contribution >= 4 is 29.5 Å². The molecule has 9 heteroatoms. The van der Waals surface area contributed by atoms with Crippen molar-refractivity contribution in [1.29, 1.82) is 0 Å². The lowest BCUT2D eigenvalue weighted by molar-refractivity contribution is -0.127. The number of benzene rings is 1. The van der Waals surface area contributed by atoms with E-state index in [2.05, 4.69) is 10.6 Å². The lowest BCUT2D eigenvalue weighted by atomic mass is 10.1. The summed E-state index contributed by atoms with van der Waals surface area (Å²) in [6, 6.07) is 2.07. The fourth-order valence-corrected chi connectivity index (χ4v) is 2.25. The minimum Gasteiger partial charge on any atom is -0.493 e. The van der Waals surface area contributed by atoms with E-state index >= 15 is 0 Å². The monoisotopic (exact) mass is 400 g/mol. The number of imide groups is 1. The van der Waals surface area contributed by atoms with Crippen LogP contribution in [-0.4, -0.2) is 43.3 Å². The number of rotatable bonds is 6. The van der Waals surface area contributed by atoms with Gasteiger partial charge in [-0.2, -0.15) is 0 Å². The Morgan fingerprint density at radius 3 is 2.37 bits per heavy atom. The van der Waals surface area contributed by atoms with Crippen molar-refractivity contribution < 1.29 is 28.6 Å². The summed E-state index contributed by atoms with van der Waals surface area (Å²) in [5.74, 6) is -0.980. The number of urea groups is 1. The van der Waals surface area contributed by atoms with Gasteiger partial charge < -0.3 is 19.5 Å². The molecule has 8 nitrogen and oxygen atoms in total. The largest absolute Gasteiger partial charge is 0.493 e. The first-order valence-corrected chi connectivity index (χ1v) is 8.70. The van der Waals surface area contributed by atoms with Crippen LogP contribution in [0.1, 0.15) is 45.0 Å². The Bertz CT molecular complexity index is 715. The molecule has 0 aliphatic carbocycles. The Morgan fingerprint density at radius 1 is 1.22 bits per heavy atom. The summed E-state index contributed by atoms with van der Waals surface area (Å²) in [4.78, 5) is 36.0. The van der Waals surface area contributed by atoms with Crippen LogP contribution in [0.4, 0.5) is 4.79 Å². The number of methoxy groups -OCH3 is 1. The normalized spacial score (nSPS) is 12.0. The van der Waals surface area contributed by atoms with Gasteiger partial charge in [-0.3, -0.25) is 10.1 Å². The van der Waals surface area contributed by atoms with Crippen molar-refractivity contribution in [2.45, 2.75) is 46.3 Å². The number of carbonyl (C=O) groups excluding carboxylic acids is 3. The highest BCUT2D eigenvalue weighted by atomic mass is 35.5. The van der Waals surface area contributed by atoms with E-state index in [0.29, 0.717) is 12.4 Å². The summed E-state index contributed by atoms with van der Waals surface area (Å²) in [6.07, 6.45) is -1.19. The smallest absolute Gasteiger partial charge is 0.339 e. The molecule has 0 aliphatic heterocycles. The van der Waals surface area contributed by atoms with Gasteiger partial charge in [-0.15, -0.1) is 0 Å². The van der Waals surface area contributed by atoms with Crippen molar-refractivity contribution in [3.8, 4) is 11.5 Å². The second-order valence-corrected chi connectivity index (χ2v) is 7.07. The number of ether oxygens (including phenoxy) is 3. The fraction of sp³-hybridized carbons (Fsp3) is 0.500. The first-order valence-electron chi connectivity index (χ1n) is 8.32. The Labute approximate surface area is 163 Å². The van der Waals surface area contributed by atoms with Gasteiger partial charge >= 0.3 is 12.0 Å². The molecule has 0 spiro atoms. The van der Waals surface area contributed by atoms with E-state index in [0.717, 1.165) is 0 Å². The summed E-state index contributed by atoms with van der Waals surface area (Å²) < 4.78 is 15.6. The predicted octanol–water partition coefficient (Wildman–Crippen LogP) is 2.92. The molecule has 1 atom stereocenters. The second kappa shape index (κ2) is 9.45. The number of hydrogen-bond donors (Lipinski definition) is 2. The Hall–Kier alpha value is -2.48. The number of hydrogen-bond acceptors (Lipinski definition) is 6. The number of amides is 3. The van der Waals surface area contributed by atoms with E-state index in [1.165, 1.54) is 26.2 Å². The third kappa shape index (κ3) is 6.97. The number of halogens is 1. The zero-order valence-electron chi connectivity index (χ0n) is 16.3. The highest BCUT2D eigenvalue weighted by Gasteiger charge is 2.24. The molecule has 0 bridgehead atoms. The molecule has 2 N–H and O–H groups in total. The molecule has 1 aromatic carbocycles. The SMILES string of the molecule is CCOc1c(Cl)cc(C(=O)O[C@@H](C)C(=O)NC(=O)NC(C)(C)C)cc1OC. The van der Waals surface area contributed by atoms with Gasteiger partial charge in [-0.05, 0) is 46.8 Å². The predicted molar refractivity (Wildman–Crippen MR) is 100 cm³/mol. The second-order valence-electron chi connectivity index (χ2n) is 6.66. The summed E-state index contributed by atoms with van der Waals surface area (Å²) in [7, 11) is 1.41. The third-order valence-corrected chi connectivity index (χ3v) is 3.41. The van der Waals surface area contributed by atoms with Crippen molar-refractivity contribution in [3.63, 3.8) is 0 Å². The molecule has 150 valence electrons. The van der Waals surface area contributed by atoms with Crippen molar-refractivity contribution in [1.82, 2.24) is 10.6 Å². The average molecular weight is 401 g/mol. The molecular weight excluding hydrogens is 376 g/mol. The zero-order chi connectivity index (χ0) is 20.8. The Morgan fingerprint density at radius 2 is 1.85 bits per heavy atom. The Balaban J connectivity index is 2.82. The highest BCUT2D eigenvalue weighted by Crippen LogP contribution is 2.36. The third-order valence-electron chi connectivity index (χ3n) is 3.13. The van der Waals surface area contributed by atoms with E-state index in [1.807, 2.05) is 0 Å². The number of esters is 1. The molecule has 0 aromatic heterocycles. The minimum absolute atomic E-state index is 0.0825. The number of nitrogens with one attached hydrogen (secondary N) is 2. The van der Waals surface area contributed by atoms with Crippen molar-refractivity contribution in [2.24, 2.45) is 0 Å². The van der Waals surface area contributed by atoms with Gasteiger partial charge in [0.25, 0.3) is 5.91 Å². The molecule has 0 heterocycles. The van der Waals surface area contributed by atoms with Gasteiger partial charge in [0.1, 0.15) is 0 Å². The molecule has 0 aliphatic rings. The molecule has 1 aromatic rings. The molecule has 27 heavy (non-hydrogen) atoms. The van der Waals surface area contributed by atoms with Gasteiger partial charge in [-0.1, -0.05) is 11.6 Å². The summed E-state index contributed by atoms with van der Waals surface area (Å²) in [5.41, 5.74) is -0.432. The van der Waals surface area contributed by atoms with Crippen molar-refractivity contribution in [2.75, 3.05) is 13.7 Å². The van der Waals surface area contributed by atoms with E-state index in [9.17, 15) is 14.4 Å². The fourth-order valence-electron chi connectivity index (χ4n) is 1.99. The summed E-state index contributed by atoms with van der Waals surface area (Å²) in [6.45, 7) is 8.81. The Kier molecular flexibility index (Phi) is 7.90. The van der Waals surface area contributed by atoms with E-state index in [-0.39, 0.29) is 16.3 Å². The van der Waals surface area contributed by atoms with E-state index in [1.54, 1.807) is 27.7 Å². The van der Waals surface area contributed by atoms with Gasteiger partial charge in [0.2, 0.25) is 0 Å². The minimum atomic E-state index is -1.19. The molecule has 0 fully saturated rings. The lowest BCUT2D eigenvalue weighted by Gasteiger charge is -2.21. The van der Waals surface area contributed by atoms with Crippen LogP contribution >= 0.6 is 11.6 Å². The van der Waals surface area contributed by atoms with Gasteiger partial charge in [0, 0.05) is 5.54 Å². The standard InChI is InChI=1S/C18H25ClN2O6/c1-7-26-14-12(19)8-11(9-13(14)25-6)16(23)27-10(2)15(22)20-17(24)21-18(3,4)5/h8-10H,7H2,1-6H3,(H2,20,21,22,24)/t10-/m0/s1. The van der Waals surface area contributed by atoms with E-state index < -0.39 is 29.6 Å². The van der Waals surface area contributed by atoms with Crippen LogP contribution in [0.2, 0.25) is 5.02 Å². The average Bonchev–Trinajstić information content (AvgIpc) is 2.54. The van der Waals surface area contributed by atoms with Crippen molar-refractivity contribution in [3.05, 3.63) is 22.7 Å². The molecule has 0 unspecified atom stereocenters. The quantitative estimate of drug-likeness (QED) is 0.711. The topological polar surface area (TPSA) is 103 Å². The van der Waals surface area contributed by atoms with E-state index in [4.69, 9.17) is 25.8 Å². The van der Waals surface area contributed by atoms with Crippen LogP contribution in [0.15, 0.2) is 12.1 Å². The highest BCUT2D eigenvalue weighted by molar-refractivity contribution is 6.32. The molecule has 0 saturated heterocycles. The zero-order valence-corrected chi connectivity index (χ0v) is 17.0. The summed E-state index contributed by atoms with van der Waals surface area (Å²) in [5, 5.41) is 4.86. The maximum absolute atomic E-state index is 12.3. The maximum Gasteiger partial charge on any atom is 0.339 e. The first-order chi connectivity index (χ1) is 12.5. The van der Waals surface area contributed by atoms with Gasteiger partial charge in [-0.25, -0.2) is 9.59 Å². The van der Waals surface area contributed by atoms with Gasteiger partial charge in [0.15, 0.2) is 17.6 Å². The first kappa shape index (κ1) is 22.6. The number of carbonyl (C=O) groups is 3. The molecule has 3 amide bonds. The summed E-state index contributed by atoms with van der Waals surface area (Å²) >= 11 is 6.12. The van der Waals surface area contributed by atoms with Gasteiger partial charge in [0.05, 0.1) is 24.3 Å². The van der Waals surface area contributed by atoms with Crippen LogP contribution < -0.4 is 20.1 Å². The maximum atomic E-state index is 12.3. The molecule has 0 saturated carbocycles. The van der Waals surface area contributed by atoms with Crippen LogP contribution in [-0.2, 0) is 9.53 Å².